The maximum Gasteiger partial charge on any atom is 0.211 e. The van der Waals surface area contributed by atoms with Gasteiger partial charge in [0.15, 0.2) is 0 Å². The van der Waals surface area contributed by atoms with Gasteiger partial charge in [0.25, 0.3) is 0 Å². The summed E-state index contributed by atoms with van der Waals surface area (Å²) < 4.78 is 8.75. The third-order valence-electron chi connectivity index (χ3n) is 2.85. The lowest BCUT2D eigenvalue weighted by Gasteiger charge is -2.04. The summed E-state index contributed by atoms with van der Waals surface area (Å²) in [6.07, 6.45) is 4.81. The molecule has 98 valence electrons. The average molecular weight is 249 g/mol. The first-order valence-electron chi connectivity index (χ1n) is 6.01. The predicted molar refractivity (Wildman–Crippen MR) is 68.3 cm³/mol. The third kappa shape index (κ3) is 2.38. The SMILES string of the molecule is CCCn1cc(C(N)c2cc(OC)n(C)n2)cn1. The standard InChI is InChI=1S/C12H19N5O/c1-4-5-17-8-9(7-14-17)12(13)10-6-11(18-3)16(2)15-10/h6-8,12H,4-5,13H2,1-3H3. The van der Waals surface area contributed by atoms with E-state index in [0.717, 1.165) is 24.2 Å². The Bertz CT molecular complexity index is 516. The van der Waals surface area contributed by atoms with E-state index < -0.39 is 0 Å². The van der Waals surface area contributed by atoms with Gasteiger partial charge in [-0.1, -0.05) is 6.92 Å². The minimum Gasteiger partial charge on any atom is -0.481 e. The highest BCUT2D eigenvalue weighted by molar-refractivity contribution is 5.26. The molecule has 6 nitrogen and oxygen atoms in total. The van der Waals surface area contributed by atoms with Gasteiger partial charge in [-0.15, -0.1) is 0 Å². The minimum atomic E-state index is -0.272. The van der Waals surface area contributed by atoms with E-state index >= 15 is 0 Å². The lowest BCUT2D eigenvalue weighted by Crippen LogP contribution is -2.12. The molecule has 0 saturated carbocycles. The van der Waals surface area contributed by atoms with Crippen molar-refractivity contribution in [3.63, 3.8) is 0 Å². The molecule has 0 saturated heterocycles. The topological polar surface area (TPSA) is 70.9 Å². The van der Waals surface area contributed by atoms with Crippen molar-refractivity contribution in [1.82, 2.24) is 19.6 Å². The normalized spacial score (nSPS) is 12.7. The fourth-order valence-electron chi connectivity index (χ4n) is 1.88. The second-order valence-corrected chi connectivity index (χ2v) is 4.25. The van der Waals surface area contributed by atoms with Gasteiger partial charge in [0.1, 0.15) is 0 Å². The van der Waals surface area contributed by atoms with Crippen molar-refractivity contribution < 1.29 is 4.74 Å². The highest BCUT2D eigenvalue weighted by Crippen LogP contribution is 2.21. The van der Waals surface area contributed by atoms with Crippen molar-refractivity contribution in [3.05, 3.63) is 29.7 Å². The fraction of sp³-hybridized carbons (Fsp3) is 0.500. The molecule has 2 heterocycles. The van der Waals surface area contributed by atoms with Crippen LogP contribution in [0.2, 0.25) is 0 Å². The van der Waals surface area contributed by atoms with E-state index in [9.17, 15) is 0 Å². The van der Waals surface area contributed by atoms with Crippen LogP contribution in [0.3, 0.4) is 0 Å². The average Bonchev–Trinajstić information content (AvgIpc) is 2.95. The number of aromatic nitrogens is 4. The number of aryl methyl sites for hydroxylation is 2. The van der Waals surface area contributed by atoms with Crippen LogP contribution in [0.1, 0.15) is 30.6 Å². The lowest BCUT2D eigenvalue weighted by molar-refractivity contribution is 0.373. The van der Waals surface area contributed by atoms with Crippen LogP contribution in [0.5, 0.6) is 5.88 Å². The van der Waals surface area contributed by atoms with E-state index in [1.807, 2.05) is 24.0 Å². The number of nitrogens with two attached hydrogens (primary N) is 1. The highest BCUT2D eigenvalue weighted by atomic mass is 16.5. The van der Waals surface area contributed by atoms with Gasteiger partial charge in [0.2, 0.25) is 5.88 Å². The number of hydrogen-bond acceptors (Lipinski definition) is 4. The van der Waals surface area contributed by atoms with Gasteiger partial charge in [-0.3, -0.25) is 4.68 Å². The minimum absolute atomic E-state index is 0.272. The van der Waals surface area contributed by atoms with Crippen molar-refractivity contribution in [1.29, 1.82) is 0 Å². The van der Waals surface area contributed by atoms with Crippen LogP contribution in [-0.2, 0) is 13.6 Å². The Labute approximate surface area is 106 Å². The summed E-state index contributed by atoms with van der Waals surface area (Å²) in [6, 6.07) is 1.58. The number of methoxy groups -OCH3 is 1. The second-order valence-electron chi connectivity index (χ2n) is 4.25. The quantitative estimate of drug-likeness (QED) is 0.861. The molecule has 0 aliphatic heterocycles. The number of ether oxygens (including phenoxy) is 1. The lowest BCUT2D eigenvalue weighted by atomic mass is 10.1. The molecule has 2 N–H and O–H groups in total. The molecule has 0 aliphatic carbocycles. The summed E-state index contributed by atoms with van der Waals surface area (Å²) in [6.45, 7) is 3.02. The number of hydrogen-bond donors (Lipinski definition) is 1. The monoisotopic (exact) mass is 249 g/mol. The molecule has 0 fully saturated rings. The smallest absolute Gasteiger partial charge is 0.211 e. The summed E-state index contributed by atoms with van der Waals surface area (Å²) >= 11 is 0. The van der Waals surface area contributed by atoms with Crippen molar-refractivity contribution in [2.45, 2.75) is 25.9 Å². The molecule has 1 atom stereocenters. The van der Waals surface area contributed by atoms with Gasteiger partial charge < -0.3 is 10.5 Å². The summed E-state index contributed by atoms with van der Waals surface area (Å²) in [4.78, 5) is 0. The van der Waals surface area contributed by atoms with E-state index in [4.69, 9.17) is 10.5 Å². The summed E-state index contributed by atoms with van der Waals surface area (Å²) in [5.41, 5.74) is 7.92. The Balaban J connectivity index is 2.20. The predicted octanol–water partition coefficient (Wildman–Crippen LogP) is 1.08. The third-order valence-corrected chi connectivity index (χ3v) is 2.85. The molecule has 2 rings (SSSR count). The van der Waals surface area contributed by atoms with Crippen molar-refractivity contribution in [2.24, 2.45) is 12.8 Å². The second kappa shape index (κ2) is 5.22. The zero-order chi connectivity index (χ0) is 13.1. The molecule has 0 aromatic carbocycles. The van der Waals surface area contributed by atoms with Crippen molar-refractivity contribution in [2.75, 3.05) is 7.11 Å². The summed E-state index contributed by atoms with van der Waals surface area (Å²) in [5, 5.41) is 8.62. The van der Waals surface area contributed by atoms with Crippen LogP contribution in [0.15, 0.2) is 18.5 Å². The molecule has 1 unspecified atom stereocenters. The molecular weight excluding hydrogens is 230 g/mol. The molecule has 0 aliphatic rings. The van der Waals surface area contributed by atoms with E-state index in [0.29, 0.717) is 5.88 Å². The Morgan fingerprint density at radius 3 is 2.89 bits per heavy atom. The number of rotatable bonds is 5. The molecule has 0 bridgehead atoms. The maximum absolute atomic E-state index is 6.18. The van der Waals surface area contributed by atoms with Gasteiger partial charge in [-0.2, -0.15) is 10.2 Å². The van der Waals surface area contributed by atoms with Crippen LogP contribution in [0.4, 0.5) is 0 Å². The van der Waals surface area contributed by atoms with E-state index in [-0.39, 0.29) is 6.04 Å². The first-order chi connectivity index (χ1) is 8.65. The largest absolute Gasteiger partial charge is 0.481 e. The van der Waals surface area contributed by atoms with E-state index in [2.05, 4.69) is 17.1 Å². The molecule has 2 aromatic heterocycles. The Kier molecular flexibility index (Phi) is 3.66. The summed E-state index contributed by atoms with van der Waals surface area (Å²) in [5.74, 6) is 0.696. The van der Waals surface area contributed by atoms with Crippen molar-refractivity contribution >= 4 is 0 Å². The maximum atomic E-state index is 6.18. The van der Waals surface area contributed by atoms with Crippen LogP contribution in [0.25, 0.3) is 0 Å². The fourth-order valence-corrected chi connectivity index (χ4v) is 1.88. The highest BCUT2D eigenvalue weighted by Gasteiger charge is 2.16. The molecule has 0 amide bonds. The molecule has 0 radical (unpaired) electrons. The van der Waals surface area contributed by atoms with Gasteiger partial charge in [-0.25, -0.2) is 4.68 Å². The van der Waals surface area contributed by atoms with Gasteiger partial charge in [-0.05, 0) is 6.42 Å². The van der Waals surface area contributed by atoms with Gasteiger partial charge in [0.05, 0.1) is 25.0 Å². The van der Waals surface area contributed by atoms with E-state index in [1.165, 1.54) is 0 Å². The van der Waals surface area contributed by atoms with Crippen LogP contribution in [0, 0.1) is 0 Å². The van der Waals surface area contributed by atoms with E-state index in [1.54, 1.807) is 18.0 Å². The molecule has 2 aromatic rings. The Morgan fingerprint density at radius 1 is 1.50 bits per heavy atom. The van der Waals surface area contributed by atoms with Crippen LogP contribution in [-0.4, -0.2) is 26.7 Å². The first kappa shape index (κ1) is 12.6. The Hall–Kier alpha value is -1.82. The molecule has 0 spiro atoms. The molecular formula is C12H19N5O. The molecule has 18 heavy (non-hydrogen) atoms. The Morgan fingerprint density at radius 2 is 2.28 bits per heavy atom. The van der Waals surface area contributed by atoms with Crippen LogP contribution < -0.4 is 10.5 Å². The number of nitrogens with zero attached hydrogens (tertiary/aromatic N) is 4. The van der Waals surface area contributed by atoms with Gasteiger partial charge in [0, 0.05) is 31.4 Å². The first-order valence-corrected chi connectivity index (χ1v) is 6.01. The van der Waals surface area contributed by atoms with Crippen LogP contribution >= 0.6 is 0 Å². The summed E-state index contributed by atoms with van der Waals surface area (Å²) in [7, 11) is 3.45. The zero-order valence-electron chi connectivity index (χ0n) is 11.0. The molecule has 6 heteroatoms. The van der Waals surface area contributed by atoms with Crippen molar-refractivity contribution in [3.8, 4) is 5.88 Å². The van der Waals surface area contributed by atoms with Gasteiger partial charge >= 0.3 is 0 Å². The zero-order valence-corrected chi connectivity index (χ0v) is 11.0.